The summed E-state index contributed by atoms with van der Waals surface area (Å²) in [5, 5.41) is 2.56. The molecule has 166 valence electrons. The number of benzene rings is 2. The number of rotatable bonds is 7. The van der Waals surface area contributed by atoms with E-state index in [2.05, 4.69) is 47.4 Å². The van der Waals surface area contributed by atoms with E-state index in [1.54, 1.807) is 17.0 Å². The second-order valence-corrected chi connectivity index (χ2v) is 8.74. The zero-order valence-corrected chi connectivity index (χ0v) is 18.3. The van der Waals surface area contributed by atoms with Crippen molar-refractivity contribution in [1.82, 2.24) is 14.7 Å². The first kappa shape index (κ1) is 20.8. The van der Waals surface area contributed by atoms with Crippen LogP contribution in [0.4, 0.5) is 0 Å². The summed E-state index contributed by atoms with van der Waals surface area (Å²) in [5.74, 6) is 0.439. The summed E-state index contributed by atoms with van der Waals surface area (Å²) in [4.78, 5) is 31.4. The number of furan rings is 1. The Morgan fingerprint density at radius 1 is 0.906 bits per heavy atom. The molecule has 0 unspecified atom stereocenters. The molecule has 3 aromatic rings. The Kier molecular flexibility index (Phi) is 5.95. The van der Waals surface area contributed by atoms with E-state index in [0.29, 0.717) is 44.4 Å². The van der Waals surface area contributed by atoms with E-state index in [4.69, 9.17) is 4.42 Å². The van der Waals surface area contributed by atoms with Crippen molar-refractivity contribution < 1.29 is 14.0 Å². The summed E-state index contributed by atoms with van der Waals surface area (Å²) in [7, 11) is 0. The molecule has 1 aliphatic carbocycles. The fourth-order valence-corrected chi connectivity index (χ4v) is 4.59. The van der Waals surface area contributed by atoms with E-state index < -0.39 is 0 Å². The minimum Gasteiger partial charge on any atom is -0.459 e. The Labute approximate surface area is 188 Å². The number of nitrogens with zero attached hydrogens (tertiary/aromatic N) is 3. The molecule has 1 saturated carbocycles. The summed E-state index contributed by atoms with van der Waals surface area (Å²) >= 11 is 0. The summed E-state index contributed by atoms with van der Waals surface area (Å²) in [6.45, 7) is 3.92. The van der Waals surface area contributed by atoms with Gasteiger partial charge in [0.1, 0.15) is 0 Å². The molecule has 0 radical (unpaired) electrons. The van der Waals surface area contributed by atoms with Crippen LogP contribution in [-0.4, -0.2) is 65.3 Å². The van der Waals surface area contributed by atoms with E-state index in [1.807, 2.05) is 4.90 Å². The van der Waals surface area contributed by atoms with Crippen LogP contribution in [0.3, 0.4) is 0 Å². The second kappa shape index (κ2) is 9.17. The predicted molar refractivity (Wildman–Crippen MR) is 123 cm³/mol. The smallest absolute Gasteiger partial charge is 0.289 e. The normalized spacial score (nSPS) is 16.7. The zero-order chi connectivity index (χ0) is 21.9. The molecule has 2 aliphatic rings. The molecule has 32 heavy (non-hydrogen) atoms. The van der Waals surface area contributed by atoms with Gasteiger partial charge >= 0.3 is 0 Å². The Hall–Kier alpha value is -3.12. The molecule has 2 fully saturated rings. The second-order valence-electron chi connectivity index (χ2n) is 8.74. The first-order valence-corrected chi connectivity index (χ1v) is 11.5. The van der Waals surface area contributed by atoms with Crippen LogP contribution in [-0.2, 0) is 11.3 Å². The van der Waals surface area contributed by atoms with E-state index in [0.717, 1.165) is 13.1 Å². The van der Waals surface area contributed by atoms with Crippen molar-refractivity contribution in [2.24, 2.45) is 0 Å². The molecule has 6 heteroatoms. The molecule has 6 nitrogen and oxygen atoms in total. The summed E-state index contributed by atoms with van der Waals surface area (Å²) < 4.78 is 5.21. The van der Waals surface area contributed by atoms with Gasteiger partial charge in [0, 0.05) is 51.7 Å². The van der Waals surface area contributed by atoms with E-state index in [1.165, 1.54) is 35.4 Å². The van der Waals surface area contributed by atoms with Crippen molar-refractivity contribution in [3.05, 3.63) is 72.2 Å². The van der Waals surface area contributed by atoms with Gasteiger partial charge in [0.15, 0.2) is 5.76 Å². The zero-order valence-electron chi connectivity index (χ0n) is 18.3. The molecule has 2 amide bonds. The lowest BCUT2D eigenvalue weighted by Crippen LogP contribution is -2.51. The third-order valence-electron chi connectivity index (χ3n) is 6.58. The van der Waals surface area contributed by atoms with E-state index >= 15 is 0 Å². The average Bonchev–Trinajstić information content (AvgIpc) is 3.54. The van der Waals surface area contributed by atoms with Crippen LogP contribution < -0.4 is 0 Å². The number of hydrogen-bond donors (Lipinski definition) is 0. The SMILES string of the molecule is O=C(CCN(Cc1cccc2ccccc12)C1CC1)N1CCN(C(=O)c2ccco2)CC1. The highest BCUT2D eigenvalue weighted by atomic mass is 16.3. The Morgan fingerprint density at radius 2 is 1.66 bits per heavy atom. The number of hydrogen-bond acceptors (Lipinski definition) is 4. The maximum absolute atomic E-state index is 12.9. The van der Waals surface area contributed by atoms with Crippen LogP contribution in [0.2, 0.25) is 0 Å². The van der Waals surface area contributed by atoms with E-state index in [9.17, 15) is 9.59 Å². The third kappa shape index (κ3) is 4.55. The van der Waals surface area contributed by atoms with Gasteiger partial charge in [0.05, 0.1) is 6.26 Å². The molecule has 0 spiro atoms. The van der Waals surface area contributed by atoms with Crippen LogP contribution in [0.5, 0.6) is 0 Å². The fraction of sp³-hybridized carbons (Fsp3) is 0.385. The van der Waals surface area contributed by atoms with Crippen LogP contribution >= 0.6 is 0 Å². The van der Waals surface area contributed by atoms with Crippen molar-refractivity contribution in [3.63, 3.8) is 0 Å². The summed E-state index contributed by atoms with van der Waals surface area (Å²) in [6.07, 6.45) is 4.46. The van der Waals surface area contributed by atoms with Gasteiger partial charge in [-0.25, -0.2) is 0 Å². The van der Waals surface area contributed by atoms with Gasteiger partial charge in [-0.2, -0.15) is 0 Å². The highest BCUT2D eigenvalue weighted by Crippen LogP contribution is 2.30. The molecule has 0 atom stereocenters. The van der Waals surface area contributed by atoms with Gasteiger partial charge in [-0.05, 0) is 41.3 Å². The standard InChI is InChI=1S/C26H29N3O3/c30-25(27-14-16-28(17-15-27)26(31)24-9-4-18-32-24)12-13-29(22-10-11-22)19-21-7-3-6-20-5-1-2-8-23(20)21/h1-9,18,22H,10-17,19H2. The summed E-state index contributed by atoms with van der Waals surface area (Å²) in [6, 6.07) is 19.0. The number of carbonyl (C=O) groups excluding carboxylic acids is 2. The Balaban J connectivity index is 1.15. The molecule has 1 aliphatic heterocycles. The number of fused-ring (bicyclic) bond motifs is 1. The van der Waals surface area contributed by atoms with Gasteiger partial charge in [-0.15, -0.1) is 0 Å². The van der Waals surface area contributed by atoms with Crippen LogP contribution in [0, 0.1) is 0 Å². The number of amides is 2. The first-order chi connectivity index (χ1) is 15.7. The molecule has 1 saturated heterocycles. The Morgan fingerprint density at radius 3 is 2.41 bits per heavy atom. The molecule has 5 rings (SSSR count). The van der Waals surface area contributed by atoms with Gasteiger partial charge in [-0.1, -0.05) is 42.5 Å². The lowest BCUT2D eigenvalue weighted by Gasteiger charge is -2.35. The predicted octanol–water partition coefficient (Wildman–Crippen LogP) is 3.77. The topological polar surface area (TPSA) is 57.0 Å². The van der Waals surface area contributed by atoms with Crippen molar-refractivity contribution in [2.75, 3.05) is 32.7 Å². The largest absolute Gasteiger partial charge is 0.459 e. The number of carbonyl (C=O) groups is 2. The molecular formula is C26H29N3O3. The van der Waals surface area contributed by atoms with Crippen LogP contribution in [0.25, 0.3) is 10.8 Å². The third-order valence-corrected chi connectivity index (χ3v) is 6.58. The maximum Gasteiger partial charge on any atom is 0.289 e. The van der Waals surface area contributed by atoms with E-state index in [-0.39, 0.29) is 11.8 Å². The van der Waals surface area contributed by atoms with Crippen molar-refractivity contribution in [2.45, 2.75) is 31.8 Å². The minimum atomic E-state index is -0.0999. The van der Waals surface area contributed by atoms with Gasteiger partial charge in [0.25, 0.3) is 5.91 Å². The summed E-state index contributed by atoms with van der Waals surface area (Å²) in [5.41, 5.74) is 1.33. The van der Waals surface area contributed by atoms with Crippen molar-refractivity contribution in [1.29, 1.82) is 0 Å². The molecular weight excluding hydrogens is 402 g/mol. The average molecular weight is 432 g/mol. The van der Waals surface area contributed by atoms with Crippen molar-refractivity contribution >= 4 is 22.6 Å². The molecule has 0 N–H and O–H groups in total. The molecule has 0 bridgehead atoms. The minimum absolute atomic E-state index is 0.0999. The quantitative estimate of drug-likeness (QED) is 0.571. The highest BCUT2D eigenvalue weighted by Gasteiger charge is 2.31. The fourth-order valence-electron chi connectivity index (χ4n) is 4.59. The van der Waals surface area contributed by atoms with Crippen LogP contribution in [0.1, 0.15) is 35.4 Å². The lowest BCUT2D eigenvalue weighted by molar-refractivity contribution is -0.133. The monoisotopic (exact) mass is 431 g/mol. The highest BCUT2D eigenvalue weighted by molar-refractivity contribution is 5.91. The lowest BCUT2D eigenvalue weighted by atomic mass is 10.0. The maximum atomic E-state index is 12.9. The number of piperazine rings is 1. The first-order valence-electron chi connectivity index (χ1n) is 11.5. The molecule has 2 aromatic carbocycles. The van der Waals surface area contributed by atoms with Gasteiger partial charge in [0.2, 0.25) is 5.91 Å². The molecule has 1 aromatic heterocycles. The van der Waals surface area contributed by atoms with Gasteiger partial charge < -0.3 is 14.2 Å². The van der Waals surface area contributed by atoms with Crippen molar-refractivity contribution in [3.8, 4) is 0 Å². The van der Waals surface area contributed by atoms with Crippen LogP contribution in [0.15, 0.2) is 65.3 Å². The van der Waals surface area contributed by atoms with Gasteiger partial charge in [-0.3, -0.25) is 14.5 Å². The molecule has 2 heterocycles. The Bertz CT molecular complexity index is 1080.